The highest BCUT2D eigenvalue weighted by Gasteiger charge is 2.30. The predicted molar refractivity (Wildman–Crippen MR) is 61.3 cm³/mol. The van der Waals surface area contributed by atoms with Crippen molar-refractivity contribution >= 4 is 15.8 Å². The summed E-state index contributed by atoms with van der Waals surface area (Å²) in [7, 11) is -3.70. The number of carbonyl (C=O) groups is 1. The predicted octanol–water partition coefficient (Wildman–Crippen LogP) is 0.684. The molecule has 2 atom stereocenters. The number of aliphatic hydroxyl groups is 1. The summed E-state index contributed by atoms with van der Waals surface area (Å²) in [6.45, 7) is 1.30. The molecule has 17 heavy (non-hydrogen) atoms. The van der Waals surface area contributed by atoms with Crippen LogP contribution in [0.15, 0.2) is 35.2 Å². The summed E-state index contributed by atoms with van der Waals surface area (Å²) >= 11 is 0. The average molecular weight is 258 g/mol. The maximum Gasteiger partial charge on any atom is 0.306 e. The lowest BCUT2D eigenvalue weighted by Gasteiger charge is -2.17. The molecule has 0 saturated heterocycles. The summed E-state index contributed by atoms with van der Waals surface area (Å²) in [4.78, 5) is 10.5. The third-order valence-electron chi connectivity index (χ3n) is 2.49. The zero-order chi connectivity index (χ0) is 13.1. The Hall–Kier alpha value is -1.40. The van der Waals surface area contributed by atoms with Gasteiger partial charge in [-0.15, -0.1) is 0 Å². The summed E-state index contributed by atoms with van der Waals surface area (Å²) < 4.78 is 24.0. The molecule has 6 heteroatoms. The van der Waals surface area contributed by atoms with Gasteiger partial charge >= 0.3 is 5.97 Å². The van der Waals surface area contributed by atoms with Crippen LogP contribution < -0.4 is 0 Å². The molecule has 0 aliphatic rings. The van der Waals surface area contributed by atoms with Gasteiger partial charge in [-0.1, -0.05) is 18.2 Å². The zero-order valence-corrected chi connectivity index (χ0v) is 10.1. The van der Waals surface area contributed by atoms with Crippen LogP contribution in [0.1, 0.15) is 13.3 Å². The Morgan fingerprint density at radius 3 is 2.29 bits per heavy atom. The van der Waals surface area contributed by atoms with E-state index in [4.69, 9.17) is 5.11 Å². The number of aliphatic carboxylic acids is 1. The van der Waals surface area contributed by atoms with Crippen molar-refractivity contribution in [2.24, 2.45) is 0 Å². The fourth-order valence-electron chi connectivity index (χ4n) is 1.38. The molecule has 0 spiro atoms. The standard InChI is InChI=1S/C11H14O5S/c1-8(10(12)7-11(13)14)17(15,16)9-5-3-2-4-6-9/h2-6,8,10,12H,7H2,1H3,(H,13,14). The molecular weight excluding hydrogens is 244 g/mol. The van der Waals surface area contributed by atoms with Gasteiger partial charge in [-0.25, -0.2) is 8.42 Å². The van der Waals surface area contributed by atoms with E-state index in [0.717, 1.165) is 0 Å². The van der Waals surface area contributed by atoms with Crippen LogP contribution >= 0.6 is 0 Å². The van der Waals surface area contributed by atoms with Gasteiger partial charge in [-0.2, -0.15) is 0 Å². The first kappa shape index (κ1) is 13.7. The monoisotopic (exact) mass is 258 g/mol. The molecule has 94 valence electrons. The summed E-state index contributed by atoms with van der Waals surface area (Å²) in [5.41, 5.74) is 0. The first-order valence-electron chi connectivity index (χ1n) is 5.04. The lowest BCUT2D eigenvalue weighted by atomic mass is 10.2. The summed E-state index contributed by atoms with van der Waals surface area (Å²) in [5.74, 6) is -1.23. The van der Waals surface area contributed by atoms with Gasteiger partial charge in [-0.05, 0) is 19.1 Å². The van der Waals surface area contributed by atoms with E-state index in [2.05, 4.69) is 0 Å². The van der Waals surface area contributed by atoms with Crippen molar-refractivity contribution in [2.45, 2.75) is 29.6 Å². The van der Waals surface area contributed by atoms with Crippen molar-refractivity contribution in [3.8, 4) is 0 Å². The molecule has 0 aromatic heterocycles. The van der Waals surface area contributed by atoms with Crippen LogP contribution in [0.4, 0.5) is 0 Å². The van der Waals surface area contributed by atoms with Crippen molar-refractivity contribution in [2.75, 3.05) is 0 Å². The molecular formula is C11H14O5S. The fraction of sp³-hybridized carbons (Fsp3) is 0.364. The van der Waals surface area contributed by atoms with Crippen LogP contribution in [0.2, 0.25) is 0 Å². The zero-order valence-electron chi connectivity index (χ0n) is 9.28. The number of benzene rings is 1. The molecule has 1 rings (SSSR count). The minimum atomic E-state index is -3.70. The fourth-order valence-corrected chi connectivity index (χ4v) is 2.85. The van der Waals surface area contributed by atoms with E-state index >= 15 is 0 Å². The number of rotatable bonds is 5. The van der Waals surface area contributed by atoms with Crippen molar-refractivity contribution in [3.63, 3.8) is 0 Å². The maximum atomic E-state index is 12.0. The van der Waals surface area contributed by atoms with E-state index in [1.54, 1.807) is 18.2 Å². The van der Waals surface area contributed by atoms with Gasteiger partial charge < -0.3 is 10.2 Å². The molecule has 0 heterocycles. The van der Waals surface area contributed by atoms with Crippen molar-refractivity contribution in [3.05, 3.63) is 30.3 Å². The lowest BCUT2D eigenvalue weighted by molar-refractivity contribution is -0.139. The molecule has 1 aromatic carbocycles. The topological polar surface area (TPSA) is 91.7 Å². The van der Waals surface area contributed by atoms with E-state index in [1.165, 1.54) is 19.1 Å². The van der Waals surface area contributed by atoms with E-state index in [0.29, 0.717) is 0 Å². The Balaban J connectivity index is 2.95. The third-order valence-corrected chi connectivity index (χ3v) is 4.71. The van der Waals surface area contributed by atoms with Gasteiger partial charge in [0.15, 0.2) is 9.84 Å². The van der Waals surface area contributed by atoms with Gasteiger partial charge in [0.05, 0.1) is 22.7 Å². The molecule has 5 nitrogen and oxygen atoms in total. The normalized spacial score (nSPS) is 15.2. The summed E-state index contributed by atoms with van der Waals surface area (Å²) in [5, 5.41) is 16.9. The van der Waals surface area contributed by atoms with E-state index in [9.17, 15) is 18.3 Å². The molecule has 0 fully saturated rings. The van der Waals surface area contributed by atoms with Crippen LogP contribution in [-0.2, 0) is 14.6 Å². The summed E-state index contributed by atoms with van der Waals surface area (Å²) in [6.07, 6.45) is -2.01. The molecule has 2 N–H and O–H groups in total. The Morgan fingerprint density at radius 2 is 1.82 bits per heavy atom. The second-order valence-electron chi connectivity index (χ2n) is 3.73. The quantitative estimate of drug-likeness (QED) is 0.810. The highest BCUT2D eigenvalue weighted by atomic mass is 32.2. The Morgan fingerprint density at radius 1 is 1.29 bits per heavy atom. The first-order chi connectivity index (χ1) is 7.85. The number of carboxylic acid groups (broad SMARTS) is 1. The highest BCUT2D eigenvalue weighted by molar-refractivity contribution is 7.92. The van der Waals surface area contributed by atoms with Crippen LogP contribution in [0.25, 0.3) is 0 Å². The van der Waals surface area contributed by atoms with E-state index < -0.39 is 33.6 Å². The number of hydrogen-bond acceptors (Lipinski definition) is 4. The van der Waals surface area contributed by atoms with Gasteiger partial charge in [-0.3, -0.25) is 4.79 Å². The van der Waals surface area contributed by atoms with Crippen molar-refractivity contribution in [1.29, 1.82) is 0 Å². The van der Waals surface area contributed by atoms with Crippen LogP contribution in [0.5, 0.6) is 0 Å². The molecule has 0 aliphatic heterocycles. The minimum absolute atomic E-state index is 0.0805. The molecule has 0 aliphatic carbocycles. The van der Waals surface area contributed by atoms with E-state index in [-0.39, 0.29) is 4.90 Å². The van der Waals surface area contributed by atoms with Crippen molar-refractivity contribution < 1.29 is 23.4 Å². The highest BCUT2D eigenvalue weighted by Crippen LogP contribution is 2.19. The van der Waals surface area contributed by atoms with E-state index in [1.807, 2.05) is 0 Å². The minimum Gasteiger partial charge on any atom is -0.481 e. The molecule has 0 saturated carbocycles. The molecule has 1 aromatic rings. The molecule has 0 amide bonds. The van der Waals surface area contributed by atoms with Crippen molar-refractivity contribution in [1.82, 2.24) is 0 Å². The SMILES string of the molecule is CC(C(O)CC(=O)O)S(=O)(=O)c1ccccc1. The molecule has 0 radical (unpaired) electrons. The van der Waals surface area contributed by atoms with Crippen LogP contribution in [-0.4, -0.2) is 36.0 Å². The summed E-state index contributed by atoms with van der Waals surface area (Å²) in [6, 6.07) is 7.66. The maximum absolute atomic E-state index is 12.0. The van der Waals surface area contributed by atoms with Gasteiger partial charge in [0.25, 0.3) is 0 Å². The Bertz CT molecular complexity index is 480. The largest absolute Gasteiger partial charge is 0.481 e. The van der Waals surface area contributed by atoms with Gasteiger partial charge in [0.1, 0.15) is 0 Å². The third kappa shape index (κ3) is 3.28. The Labute approximate surface area is 99.6 Å². The first-order valence-corrected chi connectivity index (χ1v) is 6.59. The van der Waals surface area contributed by atoms with Gasteiger partial charge in [0, 0.05) is 0 Å². The molecule has 0 bridgehead atoms. The second kappa shape index (κ2) is 5.29. The number of carboxylic acids is 1. The lowest BCUT2D eigenvalue weighted by Crippen LogP contribution is -2.33. The number of sulfone groups is 1. The van der Waals surface area contributed by atoms with Crippen LogP contribution in [0.3, 0.4) is 0 Å². The number of hydrogen-bond donors (Lipinski definition) is 2. The Kier molecular flexibility index (Phi) is 4.25. The number of aliphatic hydroxyl groups excluding tert-OH is 1. The smallest absolute Gasteiger partial charge is 0.306 e. The van der Waals surface area contributed by atoms with Crippen LogP contribution in [0, 0.1) is 0 Å². The molecule has 2 unspecified atom stereocenters. The second-order valence-corrected chi connectivity index (χ2v) is 6.03. The average Bonchev–Trinajstić information content (AvgIpc) is 2.28. The van der Waals surface area contributed by atoms with Gasteiger partial charge in [0.2, 0.25) is 0 Å².